The smallest absolute Gasteiger partial charge is 0.237 e. The number of nitrogens with zero attached hydrogens (tertiary/aromatic N) is 3. The van der Waals surface area contributed by atoms with E-state index >= 15 is 0 Å². The molecule has 4 aromatic rings. The van der Waals surface area contributed by atoms with Crippen LogP contribution in [0.5, 0.6) is 11.6 Å². The molecular weight excluding hydrogens is 386 g/mol. The van der Waals surface area contributed by atoms with Crippen molar-refractivity contribution in [2.24, 2.45) is 0 Å². The zero-order valence-corrected chi connectivity index (χ0v) is 16.1. The third-order valence-electron chi connectivity index (χ3n) is 4.01. The number of fused-ring (bicyclic) bond motifs is 1. The summed E-state index contributed by atoms with van der Waals surface area (Å²) in [6.45, 7) is 0. The predicted molar refractivity (Wildman–Crippen MR) is 114 cm³/mol. The molecular formula is C21H17N5O2S. The van der Waals surface area contributed by atoms with Crippen molar-refractivity contribution >= 4 is 34.6 Å². The van der Waals surface area contributed by atoms with Gasteiger partial charge >= 0.3 is 0 Å². The Morgan fingerprint density at radius 3 is 2.79 bits per heavy atom. The molecule has 1 amide bonds. The van der Waals surface area contributed by atoms with Crippen LogP contribution in [0.3, 0.4) is 0 Å². The maximum atomic E-state index is 12.1. The third kappa shape index (κ3) is 4.94. The second-order valence-corrected chi connectivity index (χ2v) is 6.60. The van der Waals surface area contributed by atoms with E-state index in [-0.39, 0.29) is 17.4 Å². The zero-order valence-electron chi connectivity index (χ0n) is 15.3. The fourth-order valence-electron chi connectivity index (χ4n) is 2.72. The van der Waals surface area contributed by atoms with Gasteiger partial charge in [-0.05, 0) is 36.0 Å². The Morgan fingerprint density at radius 1 is 1.07 bits per heavy atom. The highest BCUT2D eigenvalue weighted by Gasteiger charge is 2.07. The van der Waals surface area contributed by atoms with E-state index in [0.29, 0.717) is 17.3 Å². The summed E-state index contributed by atoms with van der Waals surface area (Å²) in [5.74, 6) is 0.839. The molecule has 2 aromatic carbocycles. The highest BCUT2D eigenvalue weighted by Crippen LogP contribution is 2.22. The second kappa shape index (κ2) is 8.49. The Morgan fingerprint density at radius 2 is 1.93 bits per heavy atom. The number of amides is 1. The average Bonchev–Trinajstić information content (AvgIpc) is 3.16. The lowest BCUT2D eigenvalue weighted by Crippen LogP contribution is -2.35. The Hall–Kier alpha value is -3.78. The summed E-state index contributed by atoms with van der Waals surface area (Å²) in [6, 6.07) is 20.3. The third-order valence-corrected chi connectivity index (χ3v) is 4.21. The number of thiocarbonyl (C=S) groups is 1. The molecule has 0 spiro atoms. The minimum absolute atomic E-state index is 0.182. The van der Waals surface area contributed by atoms with Crippen molar-refractivity contribution in [2.45, 2.75) is 6.42 Å². The first-order valence-corrected chi connectivity index (χ1v) is 9.30. The zero-order chi connectivity index (χ0) is 20.1. The molecule has 29 heavy (non-hydrogen) atoms. The van der Waals surface area contributed by atoms with Crippen LogP contribution in [0.2, 0.25) is 0 Å². The molecule has 0 saturated carbocycles. The summed E-state index contributed by atoms with van der Waals surface area (Å²) >= 11 is 5.24. The van der Waals surface area contributed by atoms with E-state index < -0.39 is 0 Å². The van der Waals surface area contributed by atoms with E-state index in [0.717, 1.165) is 11.2 Å². The molecule has 8 heteroatoms. The van der Waals surface area contributed by atoms with Gasteiger partial charge in [-0.25, -0.2) is 9.50 Å². The molecule has 0 unspecified atom stereocenters. The molecule has 2 aromatic heterocycles. The van der Waals surface area contributed by atoms with Crippen LogP contribution >= 0.6 is 12.2 Å². The lowest BCUT2D eigenvalue weighted by Gasteiger charge is -2.11. The summed E-state index contributed by atoms with van der Waals surface area (Å²) in [7, 11) is 0. The number of hydrogen-bond donors (Lipinski definition) is 2. The van der Waals surface area contributed by atoms with E-state index in [1.807, 2.05) is 54.6 Å². The first-order chi connectivity index (χ1) is 14.2. The van der Waals surface area contributed by atoms with Gasteiger partial charge < -0.3 is 15.4 Å². The largest absolute Gasteiger partial charge is 0.438 e. The monoisotopic (exact) mass is 403 g/mol. The van der Waals surface area contributed by atoms with Gasteiger partial charge in [0.2, 0.25) is 11.8 Å². The molecule has 0 bridgehead atoms. The number of imidazole rings is 1. The van der Waals surface area contributed by atoms with Crippen molar-refractivity contribution in [1.29, 1.82) is 0 Å². The maximum absolute atomic E-state index is 12.1. The molecule has 0 aliphatic rings. The van der Waals surface area contributed by atoms with E-state index in [1.165, 1.54) is 0 Å². The van der Waals surface area contributed by atoms with Crippen molar-refractivity contribution < 1.29 is 9.53 Å². The quantitative estimate of drug-likeness (QED) is 0.496. The van der Waals surface area contributed by atoms with E-state index in [9.17, 15) is 4.79 Å². The Bertz CT molecular complexity index is 1160. The van der Waals surface area contributed by atoms with Crippen LogP contribution in [0.4, 0.5) is 5.69 Å². The standard InChI is InChI=1S/C21H17N5O2S/c27-19(13-15-5-2-1-3-6-15)24-21(29)23-16-7-4-8-17(14-16)28-20-10-9-18-22-11-12-26(18)25-20/h1-12,14H,13H2,(H2,23,24,27,29). The number of carbonyl (C=O) groups excluding carboxylic acids is 1. The summed E-state index contributed by atoms with van der Waals surface area (Å²) in [5.41, 5.74) is 2.35. The Balaban J connectivity index is 1.36. The highest BCUT2D eigenvalue weighted by molar-refractivity contribution is 7.80. The van der Waals surface area contributed by atoms with Gasteiger partial charge in [0.25, 0.3) is 0 Å². The van der Waals surface area contributed by atoms with Crippen LogP contribution in [0.25, 0.3) is 5.65 Å². The van der Waals surface area contributed by atoms with Gasteiger partial charge in [-0.2, -0.15) is 0 Å². The van der Waals surface area contributed by atoms with Gasteiger partial charge in [-0.3, -0.25) is 4.79 Å². The van der Waals surface area contributed by atoms with Gasteiger partial charge in [-0.1, -0.05) is 36.4 Å². The summed E-state index contributed by atoms with van der Waals surface area (Å²) in [6.07, 6.45) is 3.68. The van der Waals surface area contributed by atoms with Crippen LogP contribution in [-0.4, -0.2) is 25.6 Å². The van der Waals surface area contributed by atoms with E-state index in [1.54, 1.807) is 29.0 Å². The first kappa shape index (κ1) is 18.6. The van der Waals surface area contributed by atoms with Crippen LogP contribution < -0.4 is 15.4 Å². The fourth-order valence-corrected chi connectivity index (χ4v) is 2.96. The summed E-state index contributed by atoms with van der Waals surface area (Å²) < 4.78 is 7.44. The van der Waals surface area contributed by atoms with Crippen LogP contribution in [0.15, 0.2) is 79.1 Å². The van der Waals surface area contributed by atoms with Gasteiger partial charge in [-0.15, -0.1) is 5.10 Å². The molecule has 0 atom stereocenters. The Labute approximate surface area is 172 Å². The topological polar surface area (TPSA) is 80.5 Å². The molecule has 144 valence electrons. The van der Waals surface area contributed by atoms with Crippen molar-refractivity contribution in [3.05, 3.63) is 84.7 Å². The van der Waals surface area contributed by atoms with Crippen molar-refractivity contribution in [1.82, 2.24) is 19.9 Å². The Kier molecular flexibility index (Phi) is 5.44. The highest BCUT2D eigenvalue weighted by atomic mass is 32.1. The molecule has 0 aliphatic heterocycles. The van der Waals surface area contributed by atoms with Gasteiger partial charge in [0.15, 0.2) is 10.8 Å². The van der Waals surface area contributed by atoms with E-state index in [4.69, 9.17) is 17.0 Å². The van der Waals surface area contributed by atoms with Crippen molar-refractivity contribution in [3.8, 4) is 11.6 Å². The number of aromatic nitrogens is 3. The average molecular weight is 403 g/mol. The summed E-state index contributed by atoms with van der Waals surface area (Å²) in [5, 5.41) is 10.2. The van der Waals surface area contributed by atoms with Crippen LogP contribution in [0, 0.1) is 0 Å². The normalized spacial score (nSPS) is 10.5. The molecule has 2 N–H and O–H groups in total. The number of carbonyl (C=O) groups is 1. The first-order valence-electron chi connectivity index (χ1n) is 8.89. The number of nitrogens with one attached hydrogen (secondary N) is 2. The lowest BCUT2D eigenvalue weighted by atomic mass is 10.1. The van der Waals surface area contributed by atoms with Gasteiger partial charge in [0.1, 0.15) is 5.75 Å². The minimum Gasteiger partial charge on any atom is -0.438 e. The number of ether oxygens (including phenoxy) is 1. The number of benzene rings is 2. The van der Waals surface area contributed by atoms with Crippen molar-refractivity contribution in [3.63, 3.8) is 0 Å². The molecule has 7 nitrogen and oxygen atoms in total. The summed E-state index contributed by atoms with van der Waals surface area (Å²) in [4.78, 5) is 16.3. The SMILES string of the molecule is O=C(Cc1ccccc1)NC(=S)Nc1cccc(Oc2ccc3nccn3n2)c1. The molecule has 0 fully saturated rings. The lowest BCUT2D eigenvalue weighted by molar-refractivity contribution is -0.119. The van der Waals surface area contributed by atoms with Crippen molar-refractivity contribution in [2.75, 3.05) is 5.32 Å². The number of anilines is 1. The van der Waals surface area contributed by atoms with E-state index in [2.05, 4.69) is 20.7 Å². The van der Waals surface area contributed by atoms with Crippen LogP contribution in [0.1, 0.15) is 5.56 Å². The van der Waals surface area contributed by atoms with Crippen LogP contribution in [-0.2, 0) is 11.2 Å². The number of rotatable bonds is 5. The molecule has 0 aliphatic carbocycles. The van der Waals surface area contributed by atoms with Gasteiger partial charge in [0, 0.05) is 30.2 Å². The number of hydrogen-bond acceptors (Lipinski definition) is 5. The fraction of sp³-hybridized carbons (Fsp3) is 0.0476. The second-order valence-electron chi connectivity index (χ2n) is 6.20. The molecule has 0 saturated heterocycles. The molecule has 2 heterocycles. The minimum atomic E-state index is -0.182. The predicted octanol–water partition coefficient (Wildman–Crippen LogP) is 3.58. The molecule has 0 radical (unpaired) electrons. The molecule has 4 rings (SSSR count). The maximum Gasteiger partial charge on any atom is 0.237 e. The van der Waals surface area contributed by atoms with Gasteiger partial charge in [0.05, 0.1) is 6.42 Å².